The zero-order valence-electron chi connectivity index (χ0n) is 7.00. The van der Waals surface area contributed by atoms with Gasteiger partial charge in [-0.05, 0) is 19.3 Å². The second-order valence-corrected chi connectivity index (χ2v) is 2.90. The molecule has 1 heterocycles. The lowest BCUT2D eigenvalue weighted by Gasteiger charge is -2.26. The van der Waals surface area contributed by atoms with Crippen molar-refractivity contribution in [3.05, 3.63) is 0 Å². The van der Waals surface area contributed by atoms with Gasteiger partial charge >= 0.3 is 12.4 Å². The van der Waals surface area contributed by atoms with Crippen LogP contribution in [-0.4, -0.2) is 35.5 Å². The topological polar surface area (TPSA) is 49.8 Å². The van der Waals surface area contributed by atoms with Gasteiger partial charge in [0.25, 0.3) is 0 Å². The van der Waals surface area contributed by atoms with Gasteiger partial charge in [0.1, 0.15) is 0 Å². The number of carbonyl (C=O) groups excluding carboxylic acids is 1. The molecule has 0 aliphatic carbocycles. The summed E-state index contributed by atoms with van der Waals surface area (Å²) in [4.78, 5) is 12.0. The van der Waals surface area contributed by atoms with Gasteiger partial charge in [0.2, 0.25) is 0 Å². The highest BCUT2D eigenvalue weighted by atomic mass is 19.3. The first kappa shape index (κ1) is 10.2. The summed E-state index contributed by atoms with van der Waals surface area (Å²) in [6.07, 6.45) is -2.97. The Bertz CT molecular complexity index is 187. The number of hydrogen-bond donors (Lipinski definition) is 1. The molecule has 13 heavy (non-hydrogen) atoms. The zero-order chi connectivity index (χ0) is 9.90. The van der Waals surface area contributed by atoms with E-state index in [2.05, 4.69) is 4.74 Å². The third-order valence-electron chi connectivity index (χ3n) is 1.82. The van der Waals surface area contributed by atoms with Crippen molar-refractivity contribution in [1.82, 2.24) is 4.90 Å². The van der Waals surface area contributed by atoms with Crippen molar-refractivity contribution < 1.29 is 23.4 Å². The van der Waals surface area contributed by atoms with E-state index >= 15 is 0 Å². The first-order chi connectivity index (χ1) is 5.99. The first-order valence-electron chi connectivity index (χ1n) is 4.07. The molecule has 1 aliphatic heterocycles. The molecule has 1 saturated heterocycles. The maximum atomic E-state index is 11.8. The number of ether oxygens (including phenoxy) is 1. The minimum Gasteiger partial charge on any atom is -0.360 e. The standard InChI is InChI=1S/C7H11F2NO3/c8-7(9,12)13-6(11)10-4-2-1-3-5-10/h12H,1-5H2. The highest BCUT2D eigenvalue weighted by Gasteiger charge is 2.33. The molecule has 0 radical (unpaired) electrons. The fourth-order valence-corrected chi connectivity index (χ4v) is 1.25. The largest absolute Gasteiger partial charge is 0.536 e. The van der Waals surface area contributed by atoms with Crippen LogP contribution in [0.1, 0.15) is 19.3 Å². The van der Waals surface area contributed by atoms with Crippen LogP contribution >= 0.6 is 0 Å². The molecule has 1 fully saturated rings. The summed E-state index contributed by atoms with van der Waals surface area (Å²) in [5.74, 6) is 0. The van der Waals surface area contributed by atoms with Crippen LogP contribution in [0, 0.1) is 0 Å². The van der Waals surface area contributed by atoms with Crippen molar-refractivity contribution >= 4 is 6.09 Å². The Hall–Kier alpha value is -0.910. The van der Waals surface area contributed by atoms with Crippen LogP contribution in [0.4, 0.5) is 13.6 Å². The van der Waals surface area contributed by atoms with Gasteiger partial charge in [0, 0.05) is 13.1 Å². The fourth-order valence-electron chi connectivity index (χ4n) is 1.25. The SMILES string of the molecule is O=C(OC(O)(F)F)N1CCCCC1. The normalized spacial score (nSPS) is 18.5. The second-order valence-electron chi connectivity index (χ2n) is 2.90. The van der Waals surface area contributed by atoms with Gasteiger partial charge in [-0.3, -0.25) is 0 Å². The Kier molecular flexibility index (Phi) is 3.02. The number of carbonyl (C=O) groups is 1. The van der Waals surface area contributed by atoms with Gasteiger partial charge in [-0.2, -0.15) is 0 Å². The molecule has 6 heteroatoms. The van der Waals surface area contributed by atoms with E-state index in [9.17, 15) is 13.6 Å². The van der Waals surface area contributed by atoms with E-state index in [0.717, 1.165) is 24.2 Å². The van der Waals surface area contributed by atoms with E-state index in [1.165, 1.54) is 0 Å². The Morgan fingerprint density at radius 3 is 2.31 bits per heavy atom. The molecular weight excluding hydrogens is 184 g/mol. The van der Waals surface area contributed by atoms with E-state index in [-0.39, 0.29) is 0 Å². The molecule has 1 N–H and O–H groups in total. The van der Waals surface area contributed by atoms with Gasteiger partial charge in [0.05, 0.1) is 0 Å². The highest BCUT2D eigenvalue weighted by molar-refractivity contribution is 5.67. The third kappa shape index (κ3) is 3.54. The molecule has 1 rings (SSSR count). The van der Waals surface area contributed by atoms with Crippen LogP contribution in [-0.2, 0) is 4.74 Å². The number of amides is 1. The summed E-state index contributed by atoms with van der Waals surface area (Å²) in [6, 6.07) is 0. The van der Waals surface area contributed by atoms with Crippen molar-refractivity contribution in [2.24, 2.45) is 0 Å². The quantitative estimate of drug-likeness (QED) is 0.638. The number of hydrogen-bond acceptors (Lipinski definition) is 3. The van der Waals surface area contributed by atoms with Gasteiger partial charge in [-0.15, -0.1) is 8.78 Å². The van der Waals surface area contributed by atoms with Crippen LogP contribution in [0.25, 0.3) is 0 Å². The highest BCUT2D eigenvalue weighted by Crippen LogP contribution is 2.15. The van der Waals surface area contributed by atoms with Gasteiger partial charge in [-0.1, -0.05) is 0 Å². The monoisotopic (exact) mass is 195 g/mol. The summed E-state index contributed by atoms with van der Waals surface area (Å²) in [5, 5.41) is 7.92. The van der Waals surface area contributed by atoms with Crippen LogP contribution in [0.15, 0.2) is 0 Å². The smallest absolute Gasteiger partial charge is 0.360 e. The van der Waals surface area contributed by atoms with Crippen molar-refractivity contribution in [2.45, 2.75) is 25.6 Å². The van der Waals surface area contributed by atoms with Crippen LogP contribution in [0.5, 0.6) is 0 Å². The molecule has 0 aromatic rings. The molecule has 0 spiro atoms. The van der Waals surface area contributed by atoms with E-state index in [1.807, 2.05) is 0 Å². The number of aliphatic hydroxyl groups is 1. The fraction of sp³-hybridized carbons (Fsp3) is 0.857. The molecule has 4 nitrogen and oxygen atoms in total. The summed E-state index contributed by atoms with van der Waals surface area (Å²) in [5.41, 5.74) is 0. The zero-order valence-corrected chi connectivity index (χ0v) is 7.00. The predicted molar refractivity (Wildman–Crippen MR) is 39.1 cm³/mol. The predicted octanol–water partition coefficient (Wildman–Crippen LogP) is 1.15. The van der Waals surface area contributed by atoms with Crippen LogP contribution < -0.4 is 0 Å². The Balaban J connectivity index is 2.38. The molecule has 0 unspecified atom stereocenters. The molecule has 1 amide bonds. The maximum Gasteiger partial charge on any atom is 0.536 e. The number of nitrogens with zero attached hydrogens (tertiary/aromatic N) is 1. The third-order valence-corrected chi connectivity index (χ3v) is 1.82. The average molecular weight is 195 g/mol. The van der Waals surface area contributed by atoms with E-state index in [4.69, 9.17) is 5.11 Å². The van der Waals surface area contributed by atoms with E-state index < -0.39 is 12.4 Å². The minimum absolute atomic E-state index is 0.412. The van der Waals surface area contributed by atoms with Gasteiger partial charge in [-0.25, -0.2) is 4.79 Å². The van der Waals surface area contributed by atoms with Crippen molar-refractivity contribution in [1.29, 1.82) is 0 Å². The average Bonchev–Trinajstić information content (AvgIpc) is 2.03. The summed E-state index contributed by atoms with van der Waals surface area (Å²) >= 11 is 0. The number of rotatable bonds is 1. The van der Waals surface area contributed by atoms with Crippen molar-refractivity contribution in [2.75, 3.05) is 13.1 Å². The Morgan fingerprint density at radius 1 is 1.31 bits per heavy atom. The minimum atomic E-state index is -4.37. The van der Waals surface area contributed by atoms with Crippen LogP contribution in [0.3, 0.4) is 0 Å². The number of piperidine rings is 1. The van der Waals surface area contributed by atoms with Crippen LogP contribution in [0.2, 0.25) is 0 Å². The number of halogens is 2. The number of likely N-dealkylation sites (tertiary alicyclic amines) is 1. The van der Waals surface area contributed by atoms with Gasteiger partial charge < -0.3 is 14.7 Å². The summed E-state index contributed by atoms with van der Waals surface area (Å²) < 4.78 is 27.1. The lowest BCUT2D eigenvalue weighted by molar-refractivity contribution is -0.344. The maximum absolute atomic E-state index is 11.8. The molecule has 0 aromatic heterocycles. The van der Waals surface area contributed by atoms with E-state index in [1.54, 1.807) is 0 Å². The second kappa shape index (κ2) is 3.87. The van der Waals surface area contributed by atoms with E-state index in [0.29, 0.717) is 13.1 Å². The molecule has 0 atom stereocenters. The lowest BCUT2D eigenvalue weighted by atomic mass is 10.1. The molecule has 0 bridgehead atoms. The molecular formula is C7H11F2NO3. The Morgan fingerprint density at radius 2 is 1.85 bits per heavy atom. The lowest BCUT2D eigenvalue weighted by Crippen LogP contribution is -2.39. The molecule has 76 valence electrons. The van der Waals surface area contributed by atoms with Gasteiger partial charge in [0.15, 0.2) is 0 Å². The van der Waals surface area contributed by atoms with Crippen molar-refractivity contribution in [3.63, 3.8) is 0 Å². The number of alkyl halides is 2. The molecule has 0 aromatic carbocycles. The first-order valence-corrected chi connectivity index (χ1v) is 4.07. The molecule has 0 saturated carbocycles. The van der Waals surface area contributed by atoms with Crippen molar-refractivity contribution in [3.8, 4) is 0 Å². The molecule has 1 aliphatic rings. The Labute approximate surface area is 74.1 Å². The summed E-state index contributed by atoms with van der Waals surface area (Å²) in [6.45, 7) is 0.823. The summed E-state index contributed by atoms with van der Waals surface area (Å²) in [7, 11) is 0.